The third kappa shape index (κ3) is 2.40. The molecule has 0 unspecified atom stereocenters. The van der Waals surface area contributed by atoms with Crippen LogP contribution in [-0.4, -0.2) is 5.04 Å². The van der Waals surface area contributed by atoms with Crippen molar-refractivity contribution in [2.45, 2.75) is 9.96 Å². The summed E-state index contributed by atoms with van der Waals surface area (Å²) in [6.45, 7) is 0. The van der Waals surface area contributed by atoms with Crippen LogP contribution in [0.15, 0.2) is 90.0 Å². The molecule has 2 aliphatic heterocycles. The van der Waals surface area contributed by atoms with Crippen LogP contribution in [-0.2, 0) is 9.96 Å². The van der Waals surface area contributed by atoms with Gasteiger partial charge in [0.05, 0.1) is 5.69 Å². The van der Waals surface area contributed by atoms with Crippen molar-refractivity contribution in [2.75, 3.05) is 5.01 Å². The Morgan fingerprint density at radius 1 is 0.800 bits per heavy atom. The number of rotatable bonds is 2. The van der Waals surface area contributed by atoms with Gasteiger partial charge in [-0.05, 0) is 17.7 Å². The lowest BCUT2D eigenvalue weighted by Gasteiger charge is -2.33. The topological polar surface area (TPSA) is 15.6 Å². The van der Waals surface area contributed by atoms with Gasteiger partial charge in [0, 0.05) is 16.9 Å². The Balaban J connectivity index is 1.67. The van der Waals surface area contributed by atoms with Gasteiger partial charge in [0.15, 0.2) is 4.20 Å². The van der Waals surface area contributed by atoms with E-state index in [1.54, 1.807) is 0 Å². The molecule has 0 amide bonds. The Kier molecular flexibility index (Phi) is 3.61. The van der Waals surface area contributed by atoms with Gasteiger partial charge in [0.2, 0.25) is 0 Å². The molecule has 0 saturated heterocycles. The second-order valence-corrected chi connectivity index (χ2v) is 8.66. The summed E-state index contributed by atoms with van der Waals surface area (Å²) in [5.41, 5.74) is 5.08. The van der Waals surface area contributed by atoms with E-state index in [4.69, 9.17) is 5.10 Å². The Labute approximate surface area is 156 Å². The third-order valence-corrected chi connectivity index (χ3v) is 7.53. The molecule has 25 heavy (non-hydrogen) atoms. The van der Waals surface area contributed by atoms with Crippen LogP contribution in [0.2, 0.25) is 0 Å². The molecule has 122 valence electrons. The molecule has 0 radical (unpaired) electrons. The number of hydrogen-bond donors (Lipinski definition) is 0. The molecule has 0 fully saturated rings. The van der Waals surface area contributed by atoms with Crippen LogP contribution < -0.4 is 5.01 Å². The van der Waals surface area contributed by atoms with Crippen LogP contribution in [0.5, 0.6) is 0 Å². The minimum atomic E-state index is -0.219. The van der Waals surface area contributed by atoms with E-state index in [9.17, 15) is 0 Å². The standard InChI is InChI=1S/C21H16N2S2/c1-3-9-16(10-4-1)20-22-23(18-12-5-2-6-13-18)21(25-20)19-14-8-7-11-17(19)15-24-21/h1-14H,15H2/t21-/m1/s1. The van der Waals surface area contributed by atoms with Gasteiger partial charge >= 0.3 is 0 Å². The van der Waals surface area contributed by atoms with Gasteiger partial charge in [-0.3, -0.25) is 0 Å². The van der Waals surface area contributed by atoms with Crippen LogP contribution >= 0.6 is 23.5 Å². The molecule has 0 bridgehead atoms. The van der Waals surface area contributed by atoms with Crippen LogP contribution in [0.3, 0.4) is 0 Å². The van der Waals surface area contributed by atoms with Crippen molar-refractivity contribution in [1.29, 1.82) is 0 Å². The average molecular weight is 361 g/mol. The van der Waals surface area contributed by atoms with E-state index in [-0.39, 0.29) is 4.20 Å². The maximum Gasteiger partial charge on any atom is 0.186 e. The minimum absolute atomic E-state index is 0.219. The molecule has 0 aromatic heterocycles. The highest BCUT2D eigenvalue weighted by Crippen LogP contribution is 2.61. The number of para-hydroxylation sites is 1. The average Bonchev–Trinajstić information content (AvgIpc) is 3.26. The van der Waals surface area contributed by atoms with E-state index in [0.29, 0.717) is 0 Å². The molecule has 2 nitrogen and oxygen atoms in total. The summed E-state index contributed by atoms with van der Waals surface area (Å²) in [5, 5.41) is 8.34. The number of benzene rings is 3. The molecule has 0 N–H and O–H groups in total. The monoisotopic (exact) mass is 360 g/mol. The molecule has 0 saturated carbocycles. The van der Waals surface area contributed by atoms with Gasteiger partial charge in [0.25, 0.3) is 0 Å². The number of hydrogen-bond acceptors (Lipinski definition) is 4. The van der Waals surface area contributed by atoms with Crippen LogP contribution in [0, 0.1) is 0 Å². The lowest BCUT2D eigenvalue weighted by Crippen LogP contribution is -2.32. The largest absolute Gasteiger partial charge is 0.233 e. The van der Waals surface area contributed by atoms with Gasteiger partial charge in [-0.2, -0.15) is 5.10 Å². The molecule has 5 rings (SSSR count). The molecular formula is C21H16N2S2. The van der Waals surface area contributed by atoms with Gasteiger partial charge in [-0.25, -0.2) is 5.01 Å². The lowest BCUT2D eigenvalue weighted by molar-refractivity contribution is 0.807. The van der Waals surface area contributed by atoms with Crippen LogP contribution in [0.4, 0.5) is 5.69 Å². The summed E-state index contributed by atoms with van der Waals surface area (Å²) in [6.07, 6.45) is 0. The second kappa shape index (κ2) is 5.97. The third-order valence-electron chi connectivity index (χ3n) is 4.51. The highest BCUT2D eigenvalue weighted by molar-refractivity contribution is 8.26. The van der Waals surface area contributed by atoms with Gasteiger partial charge < -0.3 is 0 Å². The molecule has 0 aliphatic carbocycles. The number of nitrogens with zero attached hydrogens (tertiary/aromatic N) is 2. The van der Waals surface area contributed by atoms with Gasteiger partial charge in [0.1, 0.15) is 5.04 Å². The molecule has 2 aliphatic rings. The fourth-order valence-electron chi connectivity index (χ4n) is 3.31. The molecular weight excluding hydrogens is 344 g/mol. The molecule has 4 heteroatoms. The summed E-state index contributed by atoms with van der Waals surface area (Å²) in [6, 6.07) is 29.7. The highest BCUT2D eigenvalue weighted by atomic mass is 32.2. The maximum atomic E-state index is 5.05. The smallest absolute Gasteiger partial charge is 0.186 e. The number of thioether (sulfide) groups is 2. The van der Waals surface area contributed by atoms with Gasteiger partial charge in [-0.1, -0.05) is 84.6 Å². The zero-order chi connectivity index (χ0) is 16.7. The second-order valence-electron chi connectivity index (χ2n) is 6.05. The van der Waals surface area contributed by atoms with Crippen molar-refractivity contribution in [3.8, 4) is 0 Å². The van der Waals surface area contributed by atoms with Crippen molar-refractivity contribution in [1.82, 2.24) is 0 Å². The summed E-state index contributed by atoms with van der Waals surface area (Å²) in [4.78, 5) is 0. The Morgan fingerprint density at radius 3 is 2.28 bits per heavy atom. The van der Waals surface area contributed by atoms with Crippen LogP contribution in [0.1, 0.15) is 16.7 Å². The van der Waals surface area contributed by atoms with E-state index in [2.05, 4.69) is 83.9 Å². The van der Waals surface area contributed by atoms with E-state index < -0.39 is 0 Å². The molecule has 1 spiro atoms. The molecule has 1 atom stereocenters. The highest BCUT2D eigenvalue weighted by Gasteiger charge is 2.51. The molecule has 3 aromatic rings. The fourth-order valence-corrected chi connectivity index (χ4v) is 6.37. The first-order valence-corrected chi connectivity index (χ1v) is 10.1. The summed E-state index contributed by atoms with van der Waals surface area (Å²) < 4.78 is -0.219. The molecule has 3 aromatic carbocycles. The number of fused-ring (bicyclic) bond motifs is 2. The summed E-state index contributed by atoms with van der Waals surface area (Å²) in [5.74, 6) is 1.02. The van der Waals surface area contributed by atoms with E-state index in [1.165, 1.54) is 16.7 Å². The Morgan fingerprint density at radius 2 is 1.48 bits per heavy atom. The van der Waals surface area contributed by atoms with E-state index in [1.807, 2.05) is 29.6 Å². The summed E-state index contributed by atoms with van der Waals surface area (Å²) in [7, 11) is 0. The van der Waals surface area contributed by atoms with Crippen molar-refractivity contribution in [2.24, 2.45) is 5.10 Å². The van der Waals surface area contributed by atoms with Crippen LogP contribution in [0.25, 0.3) is 0 Å². The number of anilines is 1. The van der Waals surface area contributed by atoms with E-state index >= 15 is 0 Å². The van der Waals surface area contributed by atoms with Crippen molar-refractivity contribution >= 4 is 34.3 Å². The summed E-state index contributed by atoms with van der Waals surface area (Å²) >= 11 is 3.81. The Bertz CT molecular complexity index is 940. The quantitative estimate of drug-likeness (QED) is 0.586. The van der Waals surface area contributed by atoms with Crippen molar-refractivity contribution in [3.05, 3.63) is 102 Å². The minimum Gasteiger partial charge on any atom is -0.233 e. The first kappa shape index (κ1) is 15.1. The fraction of sp³-hybridized carbons (Fsp3) is 0.0952. The maximum absolute atomic E-state index is 5.05. The predicted molar refractivity (Wildman–Crippen MR) is 109 cm³/mol. The van der Waals surface area contributed by atoms with E-state index in [0.717, 1.165) is 16.5 Å². The first-order valence-electron chi connectivity index (χ1n) is 8.27. The van der Waals surface area contributed by atoms with Crippen molar-refractivity contribution < 1.29 is 0 Å². The zero-order valence-electron chi connectivity index (χ0n) is 13.5. The Hall–Kier alpha value is -2.17. The molecule has 2 heterocycles. The first-order chi connectivity index (χ1) is 12.4. The SMILES string of the molecule is c1ccc(C2=NN(c3ccccc3)[C@]3(SCc4ccccc43)S2)cc1. The number of hydrazone groups is 1. The van der Waals surface area contributed by atoms with Gasteiger partial charge in [-0.15, -0.1) is 11.8 Å². The van der Waals surface area contributed by atoms with Crippen molar-refractivity contribution in [3.63, 3.8) is 0 Å². The lowest BCUT2D eigenvalue weighted by atomic mass is 10.1. The zero-order valence-corrected chi connectivity index (χ0v) is 15.1. The predicted octanol–water partition coefficient (Wildman–Crippen LogP) is 5.66. The normalized spacial score (nSPS) is 21.4.